The van der Waals surface area contributed by atoms with Crippen molar-refractivity contribution in [3.63, 3.8) is 0 Å². The van der Waals surface area contributed by atoms with Gasteiger partial charge in [-0.2, -0.15) is 8.42 Å². The van der Waals surface area contributed by atoms with Gasteiger partial charge >= 0.3 is 0 Å². The Labute approximate surface area is 192 Å². The lowest BCUT2D eigenvalue weighted by Gasteiger charge is -2.45. The zero-order chi connectivity index (χ0) is 24.4. The first-order valence-electron chi connectivity index (χ1n) is 10.4. The number of hydrogen-bond donors (Lipinski definition) is 2. The largest absolute Gasteiger partial charge is 0.493 e. The molecule has 2 aromatic rings. The average molecular weight is 482 g/mol. The Morgan fingerprint density at radius 3 is 2.09 bits per heavy atom. The summed E-state index contributed by atoms with van der Waals surface area (Å²) in [5, 5.41) is 3.12. The number of rotatable bonds is 9. The summed E-state index contributed by atoms with van der Waals surface area (Å²) >= 11 is 0. The van der Waals surface area contributed by atoms with E-state index in [1.54, 1.807) is 0 Å². The molecule has 0 spiro atoms. The minimum atomic E-state index is -4.98. The second-order valence-corrected chi connectivity index (χ2v) is 9.56. The highest BCUT2D eigenvalue weighted by Crippen LogP contribution is 2.50. The van der Waals surface area contributed by atoms with Crippen LogP contribution in [0.15, 0.2) is 36.4 Å². The summed E-state index contributed by atoms with van der Waals surface area (Å²) in [7, 11) is -0.814. The standard InChI is InChI=1S/C23H28FNO7S/c1-5-23(33(27,28)29,22(10-11-25-14-22)16-6-8-17(24)9-7-16)21(26)15-12-18(30-2)20(32-4)19(13-15)31-3/h6-9,12-13,25H,5,10-11,14H2,1-4H3,(H,27,28,29). The van der Waals surface area contributed by atoms with Crippen molar-refractivity contribution < 1.29 is 36.4 Å². The van der Waals surface area contributed by atoms with Crippen molar-refractivity contribution in [2.24, 2.45) is 0 Å². The van der Waals surface area contributed by atoms with E-state index >= 15 is 0 Å². The maximum atomic E-state index is 14.1. The van der Waals surface area contributed by atoms with Crippen molar-refractivity contribution in [1.82, 2.24) is 5.32 Å². The molecule has 2 N–H and O–H groups in total. The number of methoxy groups -OCH3 is 3. The molecule has 3 rings (SSSR count). The summed E-state index contributed by atoms with van der Waals surface area (Å²) in [4.78, 5) is 14.1. The Hall–Kier alpha value is -2.69. The van der Waals surface area contributed by atoms with E-state index in [0.717, 1.165) is 0 Å². The van der Waals surface area contributed by atoms with E-state index in [1.807, 2.05) is 0 Å². The third-order valence-corrected chi connectivity index (χ3v) is 8.30. The van der Waals surface area contributed by atoms with E-state index < -0.39 is 31.9 Å². The molecule has 0 saturated carbocycles. The molecule has 1 aliphatic rings. The van der Waals surface area contributed by atoms with E-state index in [0.29, 0.717) is 12.1 Å². The van der Waals surface area contributed by atoms with Crippen LogP contribution in [0.1, 0.15) is 35.7 Å². The number of benzene rings is 2. The lowest BCUT2D eigenvalue weighted by Crippen LogP contribution is -2.62. The molecule has 180 valence electrons. The van der Waals surface area contributed by atoms with Gasteiger partial charge in [0.25, 0.3) is 10.1 Å². The zero-order valence-corrected chi connectivity index (χ0v) is 19.8. The number of hydrogen-bond acceptors (Lipinski definition) is 7. The Bertz CT molecular complexity index is 1100. The molecule has 0 aromatic heterocycles. The molecular formula is C23H28FNO7S. The highest BCUT2D eigenvalue weighted by Gasteiger charge is 2.65. The molecule has 10 heteroatoms. The van der Waals surface area contributed by atoms with Crippen LogP contribution in [0.25, 0.3) is 0 Å². The molecule has 2 atom stereocenters. The van der Waals surface area contributed by atoms with Crippen molar-refractivity contribution in [1.29, 1.82) is 0 Å². The molecule has 0 bridgehead atoms. The van der Waals surface area contributed by atoms with Crippen molar-refractivity contribution in [2.45, 2.75) is 29.9 Å². The predicted molar refractivity (Wildman–Crippen MR) is 121 cm³/mol. The summed E-state index contributed by atoms with van der Waals surface area (Å²) in [6, 6.07) is 8.06. The number of ketones is 1. The highest BCUT2D eigenvalue weighted by atomic mass is 32.2. The van der Waals surface area contributed by atoms with Gasteiger partial charge in [0.2, 0.25) is 5.75 Å². The van der Waals surface area contributed by atoms with Crippen LogP contribution in [0.5, 0.6) is 17.2 Å². The highest BCUT2D eigenvalue weighted by molar-refractivity contribution is 7.88. The molecule has 0 radical (unpaired) electrons. The molecule has 2 unspecified atom stereocenters. The summed E-state index contributed by atoms with van der Waals surface area (Å²) in [6.07, 6.45) is 0.0167. The van der Waals surface area contributed by atoms with Crippen molar-refractivity contribution in [3.8, 4) is 17.2 Å². The monoisotopic (exact) mass is 481 g/mol. The quantitative estimate of drug-likeness (QED) is 0.415. The van der Waals surface area contributed by atoms with Gasteiger partial charge in [-0.15, -0.1) is 0 Å². The molecule has 1 saturated heterocycles. The van der Waals surface area contributed by atoms with Gasteiger partial charge in [-0.25, -0.2) is 4.39 Å². The first kappa shape index (κ1) is 24.9. The van der Waals surface area contributed by atoms with Gasteiger partial charge in [0.05, 0.1) is 21.3 Å². The Morgan fingerprint density at radius 1 is 1.12 bits per heavy atom. The molecule has 0 aliphatic carbocycles. The molecular weight excluding hydrogens is 453 g/mol. The number of halogens is 1. The first-order chi connectivity index (χ1) is 15.6. The minimum absolute atomic E-state index is 0.0302. The number of Topliss-reactive ketones (excluding diaryl/α,β-unsaturated/α-hetero) is 1. The van der Waals surface area contributed by atoms with Gasteiger partial charge in [-0.3, -0.25) is 9.35 Å². The number of carbonyl (C=O) groups excluding carboxylic acids is 1. The van der Waals surface area contributed by atoms with E-state index in [-0.39, 0.29) is 42.2 Å². The van der Waals surface area contributed by atoms with E-state index in [9.17, 15) is 22.2 Å². The summed E-state index contributed by atoms with van der Waals surface area (Å²) in [5.41, 5.74) is -0.938. The SMILES string of the molecule is CCC(C(=O)c1cc(OC)c(OC)c(OC)c1)(C1(c2ccc(F)cc2)CCNC1)S(=O)(=O)O. The third-order valence-electron chi connectivity index (χ3n) is 6.56. The van der Waals surface area contributed by atoms with Crippen LogP contribution in [0.2, 0.25) is 0 Å². The van der Waals surface area contributed by atoms with Crippen molar-refractivity contribution in [3.05, 3.63) is 53.3 Å². The van der Waals surface area contributed by atoms with E-state index in [1.165, 1.54) is 64.7 Å². The molecule has 0 amide bonds. The lowest BCUT2D eigenvalue weighted by molar-refractivity contribution is 0.0868. The third kappa shape index (κ3) is 3.85. The Morgan fingerprint density at radius 2 is 1.70 bits per heavy atom. The zero-order valence-electron chi connectivity index (χ0n) is 19.0. The molecule has 1 heterocycles. The van der Waals surface area contributed by atoms with E-state index in [2.05, 4.69) is 5.32 Å². The molecule has 8 nitrogen and oxygen atoms in total. The van der Waals surface area contributed by atoms with Gasteiger partial charge in [0.1, 0.15) is 5.82 Å². The van der Waals surface area contributed by atoms with Crippen molar-refractivity contribution in [2.75, 3.05) is 34.4 Å². The fourth-order valence-electron chi connectivity index (χ4n) is 4.99. The van der Waals surface area contributed by atoms with Gasteiger partial charge in [0.15, 0.2) is 22.0 Å². The first-order valence-corrected chi connectivity index (χ1v) is 11.8. The lowest BCUT2D eigenvalue weighted by atomic mass is 9.65. The van der Waals surface area contributed by atoms with Gasteiger partial charge in [-0.05, 0) is 49.2 Å². The summed E-state index contributed by atoms with van der Waals surface area (Å²) < 4.78 is 64.2. The molecule has 2 aromatic carbocycles. The van der Waals surface area contributed by atoms with Crippen LogP contribution in [-0.4, -0.2) is 57.9 Å². The number of ether oxygens (including phenoxy) is 3. The van der Waals surface area contributed by atoms with Crippen LogP contribution < -0.4 is 19.5 Å². The van der Waals surface area contributed by atoms with Crippen LogP contribution in [-0.2, 0) is 15.5 Å². The number of nitrogens with one attached hydrogen (secondary N) is 1. The van der Waals surface area contributed by atoms with E-state index in [4.69, 9.17) is 14.2 Å². The second-order valence-electron chi connectivity index (χ2n) is 7.91. The Balaban J connectivity index is 2.34. The van der Waals surface area contributed by atoms with Crippen LogP contribution in [0, 0.1) is 5.82 Å². The van der Waals surface area contributed by atoms with Crippen LogP contribution in [0.3, 0.4) is 0 Å². The normalized spacial score (nSPS) is 20.2. The van der Waals surface area contributed by atoms with Crippen LogP contribution in [0.4, 0.5) is 4.39 Å². The topological polar surface area (TPSA) is 111 Å². The minimum Gasteiger partial charge on any atom is -0.493 e. The second kappa shape index (κ2) is 9.28. The summed E-state index contributed by atoms with van der Waals surface area (Å²) in [5.74, 6) is -0.743. The Kier molecular flexibility index (Phi) is 7.01. The maximum Gasteiger partial charge on any atom is 0.279 e. The predicted octanol–water partition coefficient (Wildman–Crippen LogP) is 3.00. The van der Waals surface area contributed by atoms with Gasteiger partial charge in [0, 0.05) is 17.5 Å². The molecule has 1 aliphatic heterocycles. The van der Waals surface area contributed by atoms with Gasteiger partial charge < -0.3 is 19.5 Å². The molecule has 33 heavy (non-hydrogen) atoms. The maximum absolute atomic E-state index is 14.1. The molecule has 1 fully saturated rings. The number of carbonyl (C=O) groups is 1. The smallest absolute Gasteiger partial charge is 0.279 e. The fourth-order valence-corrected chi connectivity index (χ4v) is 6.50. The van der Waals surface area contributed by atoms with Crippen LogP contribution >= 0.6 is 0 Å². The summed E-state index contributed by atoms with van der Waals surface area (Å²) in [6.45, 7) is 2.05. The fraction of sp³-hybridized carbons (Fsp3) is 0.435. The average Bonchev–Trinajstić information content (AvgIpc) is 3.29. The van der Waals surface area contributed by atoms with Crippen molar-refractivity contribution >= 4 is 15.9 Å². The van der Waals surface area contributed by atoms with Gasteiger partial charge in [-0.1, -0.05) is 19.1 Å².